The molecule has 2 aliphatic heterocycles. The summed E-state index contributed by atoms with van der Waals surface area (Å²) in [6.07, 6.45) is -2.29. The molecule has 1 fully saturated rings. The summed E-state index contributed by atoms with van der Waals surface area (Å²) in [5, 5.41) is 6.47. The van der Waals surface area contributed by atoms with Gasteiger partial charge in [-0.3, -0.25) is 0 Å². The number of sulfonamides is 1. The average Bonchev–Trinajstić information content (AvgIpc) is 3.16. The fourth-order valence-electron chi connectivity index (χ4n) is 4.94. The van der Waals surface area contributed by atoms with E-state index in [2.05, 4.69) is 15.6 Å². The SMILES string of the molecule is CC(C)c1nc2c(c(Nc3ccc(S(=O)(=O)N4CCNCC4)cc3)n1)CCN(c1ncccc1C(F)(F)F)CC2. The van der Waals surface area contributed by atoms with Crippen LogP contribution in [0.5, 0.6) is 0 Å². The Hall–Kier alpha value is -3.29. The quantitative estimate of drug-likeness (QED) is 0.456. The molecule has 40 heavy (non-hydrogen) atoms. The van der Waals surface area contributed by atoms with Crippen molar-refractivity contribution in [1.82, 2.24) is 24.6 Å². The van der Waals surface area contributed by atoms with Crippen LogP contribution in [0.25, 0.3) is 0 Å². The number of aromatic nitrogens is 3. The molecule has 0 saturated carbocycles. The fourth-order valence-corrected chi connectivity index (χ4v) is 6.38. The minimum absolute atomic E-state index is 0.0318. The Morgan fingerprint density at radius 3 is 2.35 bits per heavy atom. The molecule has 9 nitrogen and oxygen atoms in total. The molecule has 0 aliphatic carbocycles. The first-order chi connectivity index (χ1) is 19.0. The largest absolute Gasteiger partial charge is 0.419 e. The maximum Gasteiger partial charge on any atom is 0.419 e. The topological polar surface area (TPSA) is 103 Å². The molecule has 1 aromatic carbocycles. The zero-order valence-corrected chi connectivity index (χ0v) is 23.2. The van der Waals surface area contributed by atoms with Gasteiger partial charge in [-0.2, -0.15) is 17.5 Å². The zero-order chi connectivity index (χ0) is 28.5. The van der Waals surface area contributed by atoms with Gasteiger partial charge in [-0.05, 0) is 42.8 Å². The van der Waals surface area contributed by atoms with E-state index in [0.717, 1.165) is 17.3 Å². The Labute approximate surface area is 231 Å². The summed E-state index contributed by atoms with van der Waals surface area (Å²) < 4.78 is 68.6. The van der Waals surface area contributed by atoms with Crippen LogP contribution in [0, 0.1) is 0 Å². The van der Waals surface area contributed by atoms with Crippen molar-refractivity contribution in [2.45, 2.75) is 43.7 Å². The van der Waals surface area contributed by atoms with Crippen LogP contribution in [0.2, 0.25) is 0 Å². The van der Waals surface area contributed by atoms with Gasteiger partial charge in [0.25, 0.3) is 0 Å². The van der Waals surface area contributed by atoms with Crippen molar-refractivity contribution < 1.29 is 21.6 Å². The standard InChI is InChI=1S/C27H32F3N7O2S/c1-18(2)24-34-23-10-15-36(26-22(27(28,29)30)4-3-11-32-26)14-9-21(23)25(35-24)33-19-5-7-20(8-6-19)40(38,39)37-16-12-31-13-17-37/h3-8,11,18,31H,9-10,12-17H2,1-2H3,(H,33,34,35). The Balaban J connectivity index is 1.41. The van der Waals surface area contributed by atoms with E-state index in [4.69, 9.17) is 9.97 Å². The summed E-state index contributed by atoms with van der Waals surface area (Å²) in [7, 11) is -3.59. The highest BCUT2D eigenvalue weighted by atomic mass is 32.2. The van der Waals surface area contributed by atoms with Gasteiger partial charge >= 0.3 is 6.18 Å². The summed E-state index contributed by atoms with van der Waals surface area (Å²) in [5.74, 6) is 1.15. The molecule has 13 heteroatoms. The van der Waals surface area contributed by atoms with Crippen molar-refractivity contribution in [3.05, 3.63) is 65.2 Å². The lowest BCUT2D eigenvalue weighted by molar-refractivity contribution is -0.137. The molecular formula is C27H32F3N7O2S. The van der Waals surface area contributed by atoms with Crippen molar-refractivity contribution in [3.8, 4) is 0 Å². The molecule has 2 aliphatic rings. The van der Waals surface area contributed by atoms with Crippen LogP contribution in [0.1, 0.15) is 42.4 Å². The van der Waals surface area contributed by atoms with Gasteiger partial charge in [0, 0.05) is 69.1 Å². The number of anilines is 3. The number of nitrogens with zero attached hydrogens (tertiary/aromatic N) is 5. The monoisotopic (exact) mass is 575 g/mol. The first kappa shape index (κ1) is 28.2. The molecule has 2 aromatic heterocycles. The van der Waals surface area contributed by atoms with E-state index >= 15 is 0 Å². The Morgan fingerprint density at radius 2 is 1.68 bits per heavy atom. The number of alkyl halides is 3. The average molecular weight is 576 g/mol. The predicted octanol–water partition coefficient (Wildman–Crippen LogP) is 3.96. The number of rotatable bonds is 6. The minimum Gasteiger partial charge on any atom is -0.355 e. The first-order valence-electron chi connectivity index (χ1n) is 13.3. The van der Waals surface area contributed by atoms with Crippen LogP contribution in [0.3, 0.4) is 0 Å². The summed E-state index contributed by atoms with van der Waals surface area (Å²) >= 11 is 0. The van der Waals surface area contributed by atoms with Crippen molar-refractivity contribution in [3.63, 3.8) is 0 Å². The highest BCUT2D eigenvalue weighted by Gasteiger charge is 2.36. The number of halogens is 3. The van der Waals surface area contributed by atoms with Gasteiger partial charge in [0.2, 0.25) is 10.0 Å². The maximum atomic E-state index is 13.7. The van der Waals surface area contributed by atoms with Crippen LogP contribution in [-0.2, 0) is 29.0 Å². The maximum absolute atomic E-state index is 13.7. The molecule has 4 heterocycles. The smallest absolute Gasteiger partial charge is 0.355 e. The summed E-state index contributed by atoms with van der Waals surface area (Å²) in [6.45, 7) is 6.69. The van der Waals surface area contributed by atoms with E-state index in [1.165, 1.54) is 16.6 Å². The van der Waals surface area contributed by atoms with E-state index in [-0.39, 0.29) is 16.6 Å². The van der Waals surface area contributed by atoms with E-state index in [0.29, 0.717) is 69.4 Å². The number of piperazine rings is 1. The van der Waals surface area contributed by atoms with E-state index in [9.17, 15) is 21.6 Å². The van der Waals surface area contributed by atoms with Gasteiger partial charge in [-0.1, -0.05) is 13.8 Å². The Bertz CT molecular complexity index is 1460. The number of hydrogen-bond acceptors (Lipinski definition) is 8. The van der Waals surface area contributed by atoms with Crippen LogP contribution in [-0.4, -0.2) is 66.9 Å². The number of benzene rings is 1. The minimum atomic E-state index is -4.51. The van der Waals surface area contributed by atoms with Gasteiger partial charge in [-0.25, -0.2) is 23.4 Å². The summed E-state index contributed by atoms with van der Waals surface area (Å²) in [6, 6.07) is 8.89. The molecule has 214 valence electrons. The van der Waals surface area contributed by atoms with Gasteiger partial charge in [0.05, 0.1) is 16.2 Å². The van der Waals surface area contributed by atoms with Crippen molar-refractivity contribution in [2.75, 3.05) is 49.5 Å². The number of fused-ring (bicyclic) bond motifs is 1. The Kier molecular flexibility index (Phi) is 7.98. The lowest BCUT2D eigenvalue weighted by Gasteiger charge is -2.26. The normalized spacial score (nSPS) is 17.0. The molecule has 1 saturated heterocycles. The second-order valence-corrected chi connectivity index (χ2v) is 12.1. The van der Waals surface area contributed by atoms with Crippen molar-refractivity contribution in [1.29, 1.82) is 0 Å². The molecule has 0 radical (unpaired) electrons. The van der Waals surface area contributed by atoms with Crippen molar-refractivity contribution >= 4 is 27.3 Å². The Morgan fingerprint density at radius 1 is 0.975 bits per heavy atom. The van der Waals surface area contributed by atoms with Gasteiger partial charge < -0.3 is 15.5 Å². The molecule has 0 bridgehead atoms. The fraction of sp³-hybridized carbons (Fsp3) is 0.444. The predicted molar refractivity (Wildman–Crippen MR) is 146 cm³/mol. The van der Waals surface area contributed by atoms with Crippen molar-refractivity contribution in [2.24, 2.45) is 0 Å². The molecule has 0 atom stereocenters. The number of nitrogens with one attached hydrogen (secondary N) is 2. The summed E-state index contributed by atoms with van der Waals surface area (Å²) in [5.41, 5.74) is 1.50. The second-order valence-electron chi connectivity index (χ2n) is 10.2. The van der Waals surface area contributed by atoms with Gasteiger partial charge in [-0.15, -0.1) is 0 Å². The molecule has 2 N–H and O–H groups in total. The third-order valence-electron chi connectivity index (χ3n) is 7.10. The molecule has 5 rings (SSSR count). The number of pyridine rings is 1. The lowest BCUT2D eigenvalue weighted by Crippen LogP contribution is -2.46. The molecule has 0 unspecified atom stereocenters. The molecule has 0 spiro atoms. The third-order valence-corrected chi connectivity index (χ3v) is 9.01. The number of hydrogen-bond donors (Lipinski definition) is 2. The van der Waals surface area contributed by atoms with Gasteiger partial charge in [0.15, 0.2) is 0 Å². The first-order valence-corrected chi connectivity index (χ1v) is 14.7. The molecule has 3 aromatic rings. The van der Waals surface area contributed by atoms with Crippen LogP contribution >= 0.6 is 0 Å². The second kappa shape index (κ2) is 11.3. The highest BCUT2D eigenvalue weighted by molar-refractivity contribution is 7.89. The van der Waals surface area contributed by atoms with E-state index in [1.807, 2.05) is 13.8 Å². The van der Waals surface area contributed by atoms with Crippen LogP contribution in [0.15, 0.2) is 47.5 Å². The van der Waals surface area contributed by atoms with E-state index < -0.39 is 21.8 Å². The third kappa shape index (κ3) is 5.91. The summed E-state index contributed by atoms with van der Waals surface area (Å²) in [4.78, 5) is 15.5. The van der Waals surface area contributed by atoms with E-state index in [1.54, 1.807) is 29.2 Å². The lowest BCUT2D eigenvalue weighted by atomic mass is 10.1. The van der Waals surface area contributed by atoms with Gasteiger partial charge in [0.1, 0.15) is 17.5 Å². The molecular weight excluding hydrogens is 543 g/mol. The zero-order valence-electron chi connectivity index (χ0n) is 22.4. The van der Waals surface area contributed by atoms with Crippen LogP contribution in [0.4, 0.5) is 30.5 Å². The van der Waals surface area contributed by atoms with Crippen LogP contribution < -0.4 is 15.5 Å². The highest BCUT2D eigenvalue weighted by Crippen LogP contribution is 2.36. The molecule has 0 amide bonds.